The third kappa shape index (κ3) is 7.59. The fourth-order valence-electron chi connectivity index (χ4n) is 0.806. The summed E-state index contributed by atoms with van der Waals surface area (Å²) in [6, 6.07) is 0. The maximum absolute atomic E-state index is 10.9. The highest BCUT2D eigenvalue weighted by Gasteiger charge is 2.23. The Hall–Kier alpha value is -2.32. The van der Waals surface area contributed by atoms with E-state index in [0.717, 1.165) is 0 Å². The first-order valence-corrected chi connectivity index (χ1v) is 4.43. The smallest absolute Gasteiger partial charge is 0.408 e. The number of nitrogens with one attached hydrogen (secondary N) is 1. The maximum atomic E-state index is 10.9. The number of hydrogen-bond acceptors (Lipinski definition) is 5. The number of carbonyl (C=O) groups is 4. The van der Waals surface area contributed by atoms with Crippen LogP contribution in [0.15, 0.2) is 0 Å². The lowest BCUT2D eigenvalue weighted by molar-refractivity contribution is -0.148. The standard InChI is InChI=1S/C8H11NO8/c10-5(11)2-1-4(7(14)15)17-8(16)9-3-6(12)13/h4H,1-3H2,(H,9,16)(H,10,11)(H,12,13)(H,14,15). The second kappa shape index (κ2) is 7.04. The van der Waals surface area contributed by atoms with Gasteiger partial charge in [0, 0.05) is 12.8 Å². The zero-order chi connectivity index (χ0) is 13.4. The van der Waals surface area contributed by atoms with Gasteiger partial charge in [0.25, 0.3) is 0 Å². The SMILES string of the molecule is O=C(O)CCC(OC(=O)NCC(=O)O)C(=O)O. The highest BCUT2D eigenvalue weighted by Crippen LogP contribution is 2.03. The van der Waals surface area contributed by atoms with Gasteiger partial charge in [-0.3, -0.25) is 9.59 Å². The summed E-state index contributed by atoms with van der Waals surface area (Å²) in [7, 11) is 0. The molecule has 0 aliphatic heterocycles. The first kappa shape index (κ1) is 14.7. The summed E-state index contributed by atoms with van der Waals surface area (Å²) in [6.45, 7) is -0.718. The van der Waals surface area contributed by atoms with Crippen LogP contribution in [0.4, 0.5) is 4.79 Å². The van der Waals surface area contributed by atoms with Crippen molar-refractivity contribution in [2.45, 2.75) is 18.9 Å². The van der Waals surface area contributed by atoms with Crippen molar-refractivity contribution < 1.29 is 39.2 Å². The molecule has 96 valence electrons. The molecule has 0 radical (unpaired) electrons. The molecule has 0 aromatic carbocycles. The monoisotopic (exact) mass is 249 g/mol. The van der Waals surface area contributed by atoms with Crippen LogP contribution in [-0.4, -0.2) is 52.0 Å². The Morgan fingerprint density at radius 2 is 1.65 bits per heavy atom. The molecule has 0 heterocycles. The molecule has 17 heavy (non-hydrogen) atoms. The number of alkyl carbamates (subject to hydrolysis) is 1. The van der Waals surface area contributed by atoms with Gasteiger partial charge in [0.2, 0.25) is 6.10 Å². The van der Waals surface area contributed by atoms with E-state index in [-0.39, 0.29) is 0 Å². The predicted molar refractivity (Wildman–Crippen MR) is 50.4 cm³/mol. The third-order valence-electron chi connectivity index (χ3n) is 1.53. The van der Waals surface area contributed by atoms with Gasteiger partial charge < -0.3 is 25.4 Å². The van der Waals surface area contributed by atoms with E-state index >= 15 is 0 Å². The van der Waals surface area contributed by atoms with Crippen molar-refractivity contribution in [3.63, 3.8) is 0 Å². The Morgan fingerprint density at radius 3 is 2.06 bits per heavy atom. The van der Waals surface area contributed by atoms with Crippen LogP contribution in [0.3, 0.4) is 0 Å². The van der Waals surface area contributed by atoms with Gasteiger partial charge in [-0.1, -0.05) is 0 Å². The molecule has 4 N–H and O–H groups in total. The average molecular weight is 249 g/mol. The molecule has 9 heteroatoms. The molecule has 0 rings (SSSR count). The van der Waals surface area contributed by atoms with Gasteiger partial charge in [-0.2, -0.15) is 0 Å². The van der Waals surface area contributed by atoms with E-state index in [1.54, 1.807) is 5.32 Å². The van der Waals surface area contributed by atoms with Crippen molar-refractivity contribution in [1.82, 2.24) is 5.32 Å². The molecule has 0 aromatic rings. The molecule has 0 saturated heterocycles. The molecule has 1 atom stereocenters. The molecule has 0 bridgehead atoms. The Bertz CT molecular complexity index is 325. The summed E-state index contributed by atoms with van der Waals surface area (Å²) < 4.78 is 4.34. The van der Waals surface area contributed by atoms with E-state index in [1.165, 1.54) is 0 Å². The lowest BCUT2D eigenvalue weighted by atomic mass is 10.2. The molecule has 1 unspecified atom stereocenters. The van der Waals surface area contributed by atoms with E-state index < -0.39 is 49.5 Å². The highest BCUT2D eigenvalue weighted by atomic mass is 16.6. The van der Waals surface area contributed by atoms with Crippen LogP contribution in [-0.2, 0) is 19.1 Å². The van der Waals surface area contributed by atoms with E-state index in [9.17, 15) is 19.2 Å². The van der Waals surface area contributed by atoms with Crippen LogP contribution in [0.2, 0.25) is 0 Å². The Kier molecular flexibility index (Phi) is 6.08. The molecule has 1 amide bonds. The topological polar surface area (TPSA) is 150 Å². The first-order chi connectivity index (χ1) is 7.82. The minimum absolute atomic E-state index is 0.398. The zero-order valence-corrected chi connectivity index (χ0v) is 8.58. The molecule has 0 spiro atoms. The number of carbonyl (C=O) groups excluding carboxylic acids is 1. The number of carboxylic acid groups (broad SMARTS) is 3. The average Bonchev–Trinajstić information content (AvgIpc) is 2.20. The number of ether oxygens (including phenoxy) is 1. The fraction of sp³-hybridized carbons (Fsp3) is 0.500. The molecule has 0 aromatic heterocycles. The van der Waals surface area contributed by atoms with Gasteiger partial charge in [-0.15, -0.1) is 0 Å². The van der Waals surface area contributed by atoms with Crippen LogP contribution in [0, 0.1) is 0 Å². The maximum Gasteiger partial charge on any atom is 0.408 e. The van der Waals surface area contributed by atoms with E-state index in [0.29, 0.717) is 0 Å². The first-order valence-electron chi connectivity index (χ1n) is 4.43. The number of hydrogen-bond donors (Lipinski definition) is 4. The summed E-state index contributed by atoms with van der Waals surface area (Å²) in [5.41, 5.74) is 0. The summed E-state index contributed by atoms with van der Waals surface area (Å²) in [4.78, 5) is 41.7. The highest BCUT2D eigenvalue weighted by molar-refractivity contribution is 5.80. The number of carboxylic acids is 3. The number of amides is 1. The van der Waals surface area contributed by atoms with Crippen LogP contribution < -0.4 is 5.32 Å². The van der Waals surface area contributed by atoms with Crippen molar-refractivity contribution >= 4 is 24.0 Å². The van der Waals surface area contributed by atoms with E-state index in [2.05, 4.69) is 4.74 Å². The molecule has 9 nitrogen and oxygen atoms in total. The molecule has 0 saturated carbocycles. The largest absolute Gasteiger partial charge is 0.481 e. The van der Waals surface area contributed by atoms with Crippen molar-refractivity contribution in [3.8, 4) is 0 Å². The normalized spacial score (nSPS) is 11.3. The quantitative estimate of drug-likeness (QED) is 0.454. The molecular formula is C8H11NO8. The summed E-state index contributed by atoms with van der Waals surface area (Å²) in [5, 5.41) is 26.9. The van der Waals surface area contributed by atoms with Gasteiger partial charge in [0.05, 0.1) is 0 Å². The number of rotatable bonds is 7. The van der Waals surface area contributed by atoms with Gasteiger partial charge in [0.15, 0.2) is 0 Å². The molecule has 0 aliphatic carbocycles. The van der Waals surface area contributed by atoms with Crippen molar-refractivity contribution in [1.29, 1.82) is 0 Å². The van der Waals surface area contributed by atoms with Crippen molar-refractivity contribution in [3.05, 3.63) is 0 Å². The Morgan fingerprint density at radius 1 is 1.06 bits per heavy atom. The molecular weight excluding hydrogens is 238 g/mol. The Labute approximate surface area is 95.0 Å². The molecule has 0 aliphatic rings. The van der Waals surface area contributed by atoms with Crippen molar-refractivity contribution in [2.75, 3.05) is 6.54 Å². The third-order valence-corrected chi connectivity index (χ3v) is 1.53. The lowest BCUT2D eigenvalue weighted by Crippen LogP contribution is -2.36. The lowest BCUT2D eigenvalue weighted by Gasteiger charge is -2.12. The van der Waals surface area contributed by atoms with Crippen LogP contribution in [0.1, 0.15) is 12.8 Å². The van der Waals surface area contributed by atoms with E-state index in [4.69, 9.17) is 15.3 Å². The van der Waals surface area contributed by atoms with E-state index in [1.807, 2.05) is 0 Å². The van der Waals surface area contributed by atoms with Crippen molar-refractivity contribution in [2.24, 2.45) is 0 Å². The van der Waals surface area contributed by atoms with Gasteiger partial charge in [-0.25, -0.2) is 9.59 Å². The minimum atomic E-state index is -1.63. The summed E-state index contributed by atoms with van der Waals surface area (Å²) in [6.07, 6.45) is -3.74. The minimum Gasteiger partial charge on any atom is -0.481 e. The fourth-order valence-corrected chi connectivity index (χ4v) is 0.806. The summed E-state index contributed by atoms with van der Waals surface area (Å²) >= 11 is 0. The second-order valence-electron chi connectivity index (χ2n) is 2.91. The van der Waals surface area contributed by atoms with Crippen LogP contribution in [0.5, 0.6) is 0 Å². The zero-order valence-electron chi connectivity index (χ0n) is 8.58. The second-order valence-corrected chi connectivity index (χ2v) is 2.91. The van der Waals surface area contributed by atoms with Crippen LogP contribution >= 0.6 is 0 Å². The predicted octanol–water partition coefficient (Wildman–Crippen LogP) is -0.885. The van der Waals surface area contributed by atoms with Gasteiger partial charge >= 0.3 is 24.0 Å². The van der Waals surface area contributed by atoms with Gasteiger partial charge in [0.1, 0.15) is 6.54 Å². The number of aliphatic carboxylic acids is 3. The van der Waals surface area contributed by atoms with Crippen LogP contribution in [0.25, 0.3) is 0 Å². The summed E-state index contributed by atoms with van der Waals surface area (Å²) in [5.74, 6) is -4.05. The van der Waals surface area contributed by atoms with Gasteiger partial charge in [-0.05, 0) is 0 Å². The molecule has 0 fully saturated rings. The Balaban J connectivity index is 4.15.